The second-order valence-electron chi connectivity index (χ2n) is 4.55. The molecule has 0 saturated carbocycles. The number of nitrogens with zero attached hydrogens (tertiary/aromatic N) is 1. The number of carbonyl (C=O) groups is 1. The average molecular weight is 318 g/mol. The number of halogens is 3. The molecule has 1 heterocycles. The third-order valence-corrected chi connectivity index (χ3v) is 4.15. The second-order valence-corrected chi connectivity index (χ2v) is 5.20. The van der Waals surface area contributed by atoms with Gasteiger partial charge in [0, 0.05) is 30.0 Å². The predicted molar refractivity (Wildman–Crippen MR) is 68.8 cm³/mol. The van der Waals surface area contributed by atoms with Crippen LogP contribution in [-0.2, 0) is 0 Å². The highest BCUT2D eigenvalue weighted by Crippen LogP contribution is 2.21. The Kier molecular flexibility index (Phi) is 4.32. The van der Waals surface area contributed by atoms with Crippen molar-refractivity contribution in [2.24, 2.45) is 5.92 Å². The van der Waals surface area contributed by atoms with Gasteiger partial charge in [-0.2, -0.15) is 0 Å². The summed E-state index contributed by atoms with van der Waals surface area (Å²) in [6.07, 6.45) is 1.85. The maximum atomic E-state index is 13.1. The highest BCUT2D eigenvalue weighted by atomic mass is 79.9. The molecule has 0 N–H and O–H groups in total. The molecule has 0 radical (unpaired) electrons. The highest BCUT2D eigenvalue weighted by Gasteiger charge is 2.23. The molecule has 1 fully saturated rings. The van der Waals surface area contributed by atoms with Crippen molar-refractivity contribution < 1.29 is 13.6 Å². The molecule has 1 aliphatic heterocycles. The van der Waals surface area contributed by atoms with Gasteiger partial charge in [-0.05, 0) is 30.9 Å². The minimum absolute atomic E-state index is 0.0878. The van der Waals surface area contributed by atoms with E-state index in [1.807, 2.05) is 0 Å². The molecule has 0 atom stereocenters. The molecule has 18 heavy (non-hydrogen) atoms. The lowest BCUT2D eigenvalue weighted by Crippen LogP contribution is -2.38. The highest BCUT2D eigenvalue weighted by molar-refractivity contribution is 9.09. The Morgan fingerprint density at radius 1 is 1.22 bits per heavy atom. The van der Waals surface area contributed by atoms with Crippen LogP contribution < -0.4 is 0 Å². The largest absolute Gasteiger partial charge is 0.339 e. The molecular weight excluding hydrogens is 304 g/mol. The van der Waals surface area contributed by atoms with E-state index in [1.165, 1.54) is 0 Å². The molecule has 98 valence electrons. The van der Waals surface area contributed by atoms with Crippen molar-refractivity contribution in [2.75, 3.05) is 18.4 Å². The number of carbonyl (C=O) groups excluding carboxylic acids is 1. The van der Waals surface area contributed by atoms with Crippen LogP contribution in [0.3, 0.4) is 0 Å². The molecule has 1 aromatic rings. The van der Waals surface area contributed by atoms with E-state index in [0.717, 1.165) is 36.4 Å². The first kappa shape index (κ1) is 13.5. The van der Waals surface area contributed by atoms with Crippen LogP contribution in [0, 0.1) is 17.6 Å². The molecule has 0 bridgehead atoms. The van der Waals surface area contributed by atoms with Gasteiger partial charge in [0.1, 0.15) is 11.6 Å². The molecule has 2 nitrogen and oxygen atoms in total. The van der Waals surface area contributed by atoms with Gasteiger partial charge in [0.15, 0.2) is 0 Å². The van der Waals surface area contributed by atoms with E-state index in [4.69, 9.17) is 0 Å². The van der Waals surface area contributed by atoms with Crippen molar-refractivity contribution >= 4 is 21.8 Å². The summed E-state index contributed by atoms with van der Waals surface area (Å²) in [5.74, 6) is -1.14. The van der Waals surface area contributed by atoms with Crippen molar-refractivity contribution in [1.82, 2.24) is 4.90 Å². The van der Waals surface area contributed by atoms with Gasteiger partial charge in [0.05, 0.1) is 0 Å². The Bertz CT molecular complexity index is 424. The summed E-state index contributed by atoms with van der Waals surface area (Å²) in [5.41, 5.74) is 0.0878. The van der Waals surface area contributed by atoms with Gasteiger partial charge in [0.25, 0.3) is 5.91 Å². The normalized spacial score (nSPS) is 16.9. The van der Waals surface area contributed by atoms with Crippen molar-refractivity contribution in [3.8, 4) is 0 Å². The Labute approximate surface area is 113 Å². The lowest BCUT2D eigenvalue weighted by atomic mass is 9.98. The predicted octanol–water partition coefficient (Wildman–Crippen LogP) is 3.21. The van der Waals surface area contributed by atoms with Crippen LogP contribution in [0.2, 0.25) is 0 Å². The van der Waals surface area contributed by atoms with E-state index in [0.29, 0.717) is 19.0 Å². The standard InChI is InChI=1S/C13H14BrF2NO/c14-8-9-1-3-17(4-2-9)13(18)10-5-11(15)7-12(16)6-10/h5-7,9H,1-4,8H2. The van der Waals surface area contributed by atoms with Gasteiger partial charge in [-0.3, -0.25) is 4.79 Å². The number of likely N-dealkylation sites (tertiary alicyclic amines) is 1. The van der Waals surface area contributed by atoms with Gasteiger partial charge in [-0.15, -0.1) is 0 Å². The van der Waals surface area contributed by atoms with Gasteiger partial charge in [-0.1, -0.05) is 15.9 Å². The number of hydrogen-bond acceptors (Lipinski definition) is 1. The van der Waals surface area contributed by atoms with Crippen LogP contribution in [0.4, 0.5) is 8.78 Å². The Morgan fingerprint density at radius 2 is 1.78 bits per heavy atom. The van der Waals surface area contributed by atoms with Crippen molar-refractivity contribution in [3.05, 3.63) is 35.4 Å². The summed E-state index contributed by atoms with van der Waals surface area (Å²) in [7, 11) is 0. The summed E-state index contributed by atoms with van der Waals surface area (Å²) in [5, 5.41) is 0.934. The number of amides is 1. The van der Waals surface area contributed by atoms with Crippen LogP contribution in [0.5, 0.6) is 0 Å². The minimum Gasteiger partial charge on any atom is -0.339 e. The summed E-state index contributed by atoms with van der Waals surface area (Å²) in [6, 6.07) is 2.94. The number of piperidine rings is 1. The molecule has 1 aromatic carbocycles. The summed E-state index contributed by atoms with van der Waals surface area (Å²) in [4.78, 5) is 13.7. The molecule has 0 aromatic heterocycles. The van der Waals surface area contributed by atoms with E-state index in [-0.39, 0.29) is 11.5 Å². The van der Waals surface area contributed by atoms with Gasteiger partial charge < -0.3 is 4.90 Å². The van der Waals surface area contributed by atoms with E-state index >= 15 is 0 Å². The molecule has 1 saturated heterocycles. The third kappa shape index (κ3) is 3.07. The van der Waals surface area contributed by atoms with Crippen LogP contribution in [-0.4, -0.2) is 29.2 Å². The van der Waals surface area contributed by atoms with Crippen LogP contribution in [0.25, 0.3) is 0 Å². The Morgan fingerprint density at radius 3 is 2.28 bits per heavy atom. The van der Waals surface area contributed by atoms with Crippen LogP contribution >= 0.6 is 15.9 Å². The zero-order valence-corrected chi connectivity index (χ0v) is 11.4. The van der Waals surface area contributed by atoms with Gasteiger partial charge >= 0.3 is 0 Å². The van der Waals surface area contributed by atoms with Crippen molar-refractivity contribution in [3.63, 3.8) is 0 Å². The summed E-state index contributed by atoms with van der Waals surface area (Å²) < 4.78 is 26.1. The first-order valence-corrected chi connectivity index (χ1v) is 7.03. The zero-order valence-electron chi connectivity index (χ0n) is 9.83. The fourth-order valence-corrected chi connectivity index (χ4v) is 2.80. The SMILES string of the molecule is O=C(c1cc(F)cc(F)c1)N1CCC(CBr)CC1. The fourth-order valence-electron chi connectivity index (χ4n) is 2.15. The van der Waals surface area contributed by atoms with Crippen molar-refractivity contribution in [2.45, 2.75) is 12.8 Å². The average Bonchev–Trinajstić information content (AvgIpc) is 2.37. The molecule has 1 amide bonds. The van der Waals surface area contributed by atoms with E-state index < -0.39 is 11.6 Å². The smallest absolute Gasteiger partial charge is 0.254 e. The molecule has 0 spiro atoms. The summed E-state index contributed by atoms with van der Waals surface area (Å²) in [6.45, 7) is 1.29. The number of rotatable bonds is 2. The van der Waals surface area contributed by atoms with E-state index in [1.54, 1.807) is 4.90 Å². The van der Waals surface area contributed by atoms with Crippen molar-refractivity contribution in [1.29, 1.82) is 0 Å². The summed E-state index contributed by atoms with van der Waals surface area (Å²) >= 11 is 3.43. The molecule has 1 aliphatic rings. The first-order chi connectivity index (χ1) is 8.60. The molecule has 5 heteroatoms. The van der Waals surface area contributed by atoms with E-state index in [2.05, 4.69) is 15.9 Å². The Balaban J connectivity index is 2.07. The minimum atomic E-state index is -0.714. The molecule has 2 rings (SSSR count). The van der Waals surface area contributed by atoms with Crippen LogP contribution in [0.15, 0.2) is 18.2 Å². The second kappa shape index (κ2) is 5.78. The van der Waals surface area contributed by atoms with Crippen LogP contribution in [0.1, 0.15) is 23.2 Å². The molecular formula is C13H14BrF2NO. The lowest BCUT2D eigenvalue weighted by molar-refractivity contribution is 0.0698. The molecule has 0 aliphatic carbocycles. The first-order valence-electron chi connectivity index (χ1n) is 5.91. The quantitative estimate of drug-likeness (QED) is 0.767. The lowest BCUT2D eigenvalue weighted by Gasteiger charge is -2.31. The maximum absolute atomic E-state index is 13.1. The van der Waals surface area contributed by atoms with Gasteiger partial charge in [-0.25, -0.2) is 8.78 Å². The Hall–Kier alpha value is -0.970. The van der Waals surface area contributed by atoms with E-state index in [9.17, 15) is 13.6 Å². The topological polar surface area (TPSA) is 20.3 Å². The number of alkyl halides is 1. The third-order valence-electron chi connectivity index (χ3n) is 3.23. The van der Waals surface area contributed by atoms with Gasteiger partial charge in [0.2, 0.25) is 0 Å². The number of hydrogen-bond donors (Lipinski definition) is 0. The maximum Gasteiger partial charge on any atom is 0.254 e. The monoisotopic (exact) mass is 317 g/mol. The fraction of sp³-hybridized carbons (Fsp3) is 0.462. The number of benzene rings is 1. The zero-order chi connectivity index (χ0) is 13.1. The molecule has 0 unspecified atom stereocenters.